The molecule has 122 valence electrons. The number of hydrogen-bond acceptors (Lipinski definition) is 4. The van der Waals surface area contributed by atoms with E-state index in [0.717, 1.165) is 50.4 Å². The van der Waals surface area contributed by atoms with Crippen molar-refractivity contribution in [2.45, 2.75) is 19.4 Å². The molecule has 1 saturated heterocycles. The molecular formula is C17H23N5O. The van der Waals surface area contributed by atoms with Gasteiger partial charge in [0, 0.05) is 58.6 Å². The predicted molar refractivity (Wildman–Crippen MR) is 87.6 cm³/mol. The number of rotatable bonds is 5. The Kier molecular flexibility index (Phi) is 5.02. The van der Waals surface area contributed by atoms with Gasteiger partial charge in [-0.3, -0.25) is 19.4 Å². The number of pyridine rings is 1. The molecule has 6 nitrogen and oxygen atoms in total. The molecule has 0 aromatic carbocycles. The highest BCUT2D eigenvalue weighted by molar-refractivity contribution is 5.76. The van der Waals surface area contributed by atoms with E-state index < -0.39 is 0 Å². The summed E-state index contributed by atoms with van der Waals surface area (Å²) in [7, 11) is 1.89. The number of hydrogen-bond donors (Lipinski definition) is 0. The molecule has 3 heterocycles. The van der Waals surface area contributed by atoms with Crippen molar-refractivity contribution in [2.24, 2.45) is 7.05 Å². The standard InChI is InChI=1S/C17H23N5O/c1-20-13-15(12-19-20)5-6-17(23)22-10-8-21(9-11-22)14-16-4-2-3-7-18-16/h2-4,7,12-13H,5-6,8-11,14H2,1H3. The molecule has 1 amide bonds. The highest BCUT2D eigenvalue weighted by Gasteiger charge is 2.21. The third-order valence-corrected chi connectivity index (χ3v) is 4.22. The number of aromatic nitrogens is 3. The van der Waals surface area contributed by atoms with Gasteiger partial charge in [-0.05, 0) is 24.1 Å². The maximum atomic E-state index is 12.3. The van der Waals surface area contributed by atoms with Crippen LogP contribution in [0.25, 0.3) is 0 Å². The molecule has 23 heavy (non-hydrogen) atoms. The summed E-state index contributed by atoms with van der Waals surface area (Å²) in [6, 6.07) is 5.99. The fraction of sp³-hybridized carbons (Fsp3) is 0.471. The van der Waals surface area contributed by atoms with E-state index in [0.29, 0.717) is 6.42 Å². The Bertz CT molecular complexity index is 631. The van der Waals surface area contributed by atoms with Crippen molar-refractivity contribution in [1.29, 1.82) is 0 Å². The van der Waals surface area contributed by atoms with Crippen molar-refractivity contribution in [3.63, 3.8) is 0 Å². The summed E-state index contributed by atoms with van der Waals surface area (Å²) in [6.07, 6.45) is 6.95. The number of aryl methyl sites for hydroxylation is 2. The fourth-order valence-corrected chi connectivity index (χ4v) is 2.89. The van der Waals surface area contributed by atoms with Gasteiger partial charge in [0.25, 0.3) is 0 Å². The van der Waals surface area contributed by atoms with Crippen molar-refractivity contribution < 1.29 is 4.79 Å². The van der Waals surface area contributed by atoms with E-state index in [4.69, 9.17) is 0 Å². The predicted octanol–water partition coefficient (Wildman–Crippen LogP) is 1.09. The SMILES string of the molecule is Cn1cc(CCC(=O)N2CCN(Cc3ccccn3)CC2)cn1. The van der Waals surface area contributed by atoms with Gasteiger partial charge in [-0.2, -0.15) is 5.10 Å². The zero-order chi connectivity index (χ0) is 16.1. The summed E-state index contributed by atoms with van der Waals surface area (Å²) in [6.45, 7) is 4.29. The Hall–Kier alpha value is -2.21. The molecule has 0 N–H and O–H groups in total. The molecule has 2 aromatic heterocycles. The molecule has 0 radical (unpaired) electrons. The van der Waals surface area contributed by atoms with E-state index in [1.54, 1.807) is 4.68 Å². The quantitative estimate of drug-likeness (QED) is 0.829. The number of amides is 1. The van der Waals surface area contributed by atoms with Gasteiger partial charge in [-0.1, -0.05) is 6.07 Å². The smallest absolute Gasteiger partial charge is 0.222 e. The van der Waals surface area contributed by atoms with Gasteiger partial charge in [0.05, 0.1) is 11.9 Å². The van der Waals surface area contributed by atoms with Gasteiger partial charge in [0.2, 0.25) is 5.91 Å². The van der Waals surface area contributed by atoms with Gasteiger partial charge >= 0.3 is 0 Å². The van der Waals surface area contributed by atoms with E-state index in [2.05, 4.69) is 15.0 Å². The van der Waals surface area contributed by atoms with Crippen LogP contribution in [0.3, 0.4) is 0 Å². The largest absolute Gasteiger partial charge is 0.340 e. The van der Waals surface area contributed by atoms with Crippen LogP contribution in [-0.4, -0.2) is 56.7 Å². The minimum atomic E-state index is 0.242. The van der Waals surface area contributed by atoms with Gasteiger partial charge in [-0.15, -0.1) is 0 Å². The van der Waals surface area contributed by atoms with Crippen LogP contribution in [-0.2, 0) is 24.8 Å². The molecule has 1 aliphatic rings. The van der Waals surface area contributed by atoms with Crippen molar-refractivity contribution in [2.75, 3.05) is 26.2 Å². The topological polar surface area (TPSA) is 54.3 Å². The molecular weight excluding hydrogens is 290 g/mol. The van der Waals surface area contributed by atoms with Crippen molar-refractivity contribution in [3.05, 3.63) is 48.0 Å². The fourth-order valence-electron chi connectivity index (χ4n) is 2.89. The normalized spacial score (nSPS) is 15.8. The van der Waals surface area contributed by atoms with Gasteiger partial charge in [0.1, 0.15) is 0 Å². The second-order valence-electron chi connectivity index (χ2n) is 6.00. The Labute approximate surface area is 136 Å². The minimum Gasteiger partial charge on any atom is -0.340 e. The Morgan fingerprint density at radius 1 is 1.22 bits per heavy atom. The molecule has 0 spiro atoms. The van der Waals surface area contributed by atoms with Crippen molar-refractivity contribution in [3.8, 4) is 0 Å². The summed E-state index contributed by atoms with van der Waals surface area (Å²) < 4.78 is 1.77. The van der Waals surface area contributed by atoms with E-state index in [1.165, 1.54) is 0 Å². The number of carbonyl (C=O) groups is 1. The average molecular weight is 313 g/mol. The molecule has 0 atom stereocenters. The second kappa shape index (κ2) is 7.37. The summed E-state index contributed by atoms with van der Waals surface area (Å²) in [4.78, 5) is 21.0. The lowest BCUT2D eigenvalue weighted by molar-refractivity contribution is -0.133. The van der Waals surface area contributed by atoms with Crippen LogP contribution < -0.4 is 0 Å². The van der Waals surface area contributed by atoms with Gasteiger partial charge in [-0.25, -0.2) is 0 Å². The molecule has 1 aliphatic heterocycles. The monoisotopic (exact) mass is 313 g/mol. The molecule has 0 bridgehead atoms. The van der Waals surface area contributed by atoms with Gasteiger partial charge in [0.15, 0.2) is 0 Å². The van der Waals surface area contributed by atoms with E-state index in [-0.39, 0.29) is 5.91 Å². The summed E-state index contributed by atoms with van der Waals surface area (Å²) in [5, 5.41) is 4.14. The molecule has 1 fully saturated rings. The third-order valence-electron chi connectivity index (χ3n) is 4.22. The van der Waals surface area contributed by atoms with Crippen molar-refractivity contribution >= 4 is 5.91 Å². The first kappa shape index (κ1) is 15.7. The number of nitrogens with zero attached hydrogens (tertiary/aromatic N) is 5. The van der Waals surface area contributed by atoms with Crippen molar-refractivity contribution in [1.82, 2.24) is 24.6 Å². The van der Waals surface area contributed by atoms with Crippen LogP contribution in [0.5, 0.6) is 0 Å². The summed E-state index contributed by atoms with van der Waals surface area (Å²) in [5.41, 5.74) is 2.21. The van der Waals surface area contributed by atoms with Crippen LogP contribution in [0.1, 0.15) is 17.7 Å². The molecule has 2 aromatic rings. The lowest BCUT2D eigenvalue weighted by Gasteiger charge is -2.34. The molecule has 0 saturated carbocycles. The minimum absolute atomic E-state index is 0.242. The molecule has 0 aliphatic carbocycles. The van der Waals surface area contributed by atoms with E-state index in [1.807, 2.05) is 48.7 Å². The second-order valence-corrected chi connectivity index (χ2v) is 6.00. The lowest BCUT2D eigenvalue weighted by Crippen LogP contribution is -2.48. The molecule has 6 heteroatoms. The molecule has 3 rings (SSSR count). The zero-order valence-corrected chi connectivity index (χ0v) is 13.6. The van der Waals surface area contributed by atoms with Crippen LogP contribution in [0.15, 0.2) is 36.8 Å². The summed E-state index contributed by atoms with van der Waals surface area (Å²) in [5.74, 6) is 0.242. The first-order valence-corrected chi connectivity index (χ1v) is 8.08. The van der Waals surface area contributed by atoms with Crippen LogP contribution >= 0.6 is 0 Å². The Balaban J connectivity index is 1.42. The Morgan fingerprint density at radius 2 is 2.04 bits per heavy atom. The van der Waals surface area contributed by atoms with Crippen LogP contribution in [0.4, 0.5) is 0 Å². The lowest BCUT2D eigenvalue weighted by atomic mass is 10.1. The first-order valence-electron chi connectivity index (χ1n) is 8.08. The van der Waals surface area contributed by atoms with Crippen LogP contribution in [0.2, 0.25) is 0 Å². The number of carbonyl (C=O) groups excluding carboxylic acids is 1. The maximum absolute atomic E-state index is 12.3. The Morgan fingerprint density at radius 3 is 2.70 bits per heavy atom. The van der Waals surface area contributed by atoms with Crippen LogP contribution in [0, 0.1) is 0 Å². The zero-order valence-electron chi connectivity index (χ0n) is 13.6. The highest BCUT2D eigenvalue weighted by Crippen LogP contribution is 2.09. The van der Waals surface area contributed by atoms with Gasteiger partial charge < -0.3 is 4.90 Å². The highest BCUT2D eigenvalue weighted by atomic mass is 16.2. The average Bonchev–Trinajstić information content (AvgIpc) is 3.00. The first-order chi connectivity index (χ1) is 11.2. The maximum Gasteiger partial charge on any atom is 0.222 e. The third kappa shape index (κ3) is 4.39. The van der Waals surface area contributed by atoms with E-state index in [9.17, 15) is 4.79 Å². The number of piperazine rings is 1. The summed E-state index contributed by atoms with van der Waals surface area (Å²) >= 11 is 0. The van der Waals surface area contributed by atoms with E-state index >= 15 is 0 Å². The molecule has 0 unspecified atom stereocenters.